The van der Waals surface area contributed by atoms with Crippen molar-refractivity contribution in [3.63, 3.8) is 0 Å². The molecule has 22 heavy (non-hydrogen) atoms. The largest absolute Gasteiger partial charge is 0.311 e. The normalized spacial score (nSPS) is 14.2. The predicted molar refractivity (Wildman–Crippen MR) is 98.2 cm³/mol. The van der Waals surface area contributed by atoms with Crippen LogP contribution in [0, 0.1) is 5.92 Å². The van der Waals surface area contributed by atoms with Gasteiger partial charge in [-0.25, -0.2) is 18.3 Å². The van der Waals surface area contributed by atoms with Crippen LogP contribution in [0.5, 0.6) is 0 Å². The van der Waals surface area contributed by atoms with Crippen LogP contribution in [0.4, 0.5) is 0 Å². The summed E-state index contributed by atoms with van der Waals surface area (Å²) in [4.78, 5) is 0. The summed E-state index contributed by atoms with van der Waals surface area (Å²) in [5, 5.41) is 0. The molecule has 0 heterocycles. The van der Waals surface area contributed by atoms with E-state index >= 15 is 0 Å². The molecule has 0 aliphatic carbocycles. The number of hydrogen-bond donors (Lipinski definition) is 0. The van der Waals surface area contributed by atoms with Gasteiger partial charge in [0.1, 0.15) is 14.1 Å². The van der Waals surface area contributed by atoms with Crippen LogP contribution in [-0.4, -0.2) is 67.7 Å². The first-order valence-corrected chi connectivity index (χ1v) is 9.48. The lowest BCUT2D eigenvalue weighted by Gasteiger charge is -2.43. The van der Waals surface area contributed by atoms with Gasteiger partial charge in [-0.05, 0) is 46.7 Å². The van der Waals surface area contributed by atoms with Gasteiger partial charge in [0, 0.05) is 6.04 Å². The first-order chi connectivity index (χ1) is 10.2. The molecule has 0 aliphatic rings. The van der Waals surface area contributed by atoms with Crippen LogP contribution in [0.1, 0.15) is 25.5 Å². The number of benzene rings is 1. The van der Waals surface area contributed by atoms with Crippen LogP contribution in [0.25, 0.3) is 0 Å². The first-order valence-electron chi connectivity index (χ1n) is 7.88. The van der Waals surface area contributed by atoms with Crippen molar-refractivity contribution in [1.29, 1.82) is 0 Å². The van der Waals surface area contributed by atoms with E-state index in [4.69, 9.17) is 0 Å². The van der Waals surface area contributed by atoms with Gasteiger partial charge in [0.15, 0.2) is 0 Å². The monoisotopic (exact) mass is 325 g/mol. The van der Waals surface area contributed by atoms with Crippen LogP contribution in [0.3, 0.4) is 0 Å². The molecule has 4 nitrogen and oxygen atoms in total. The molecule has 1 aromatic carbocycles. The average molecular weight is 325 g/mol. The van der Waals surface area contributed by atoms with E-state index < -0.39 is 7.51 Å². The fourth-order valence-electron chi connectivity index (χ4n) is 3.77. The molecular formula is C17H34N4P+. The van der Waals surface area contributed by atoms with Gasteiger partial charge in [0.25, 0.3) is 0 Å². The van der Waals surface area contributed by atoms with Gasteiger partial charge >= 0.3 is 7.51 Å². The molecule has 0 aliphatic heterocycles. The highest BCUT2D eigenvalue weighted by Gasteiger charge is 2.43. The maximum atomic E-state index is 2.58. The minimum atomic E-state index is -1.75. The Kier molecular flexibility index (Phi) is 6.82. The zero-order valence-corrected chi connectivity index (χ0v) is 16.7. The van der Waals surface area contributed by atoms with E-state index in [9.17, 15) is 0 Å². The molecule has 1 atom stereocenters. The van der Waals surface area contributed by atoms with Crippen molar-refractivity contribution in [3.8, 4) is 0 Å². The van der Waals surface area contributed by atoms with Gasteiger partial charge in [0.05, 0.1) is 0 Å². The Morgan fingerprint density at radius 3 is 1.64 bits per heavy atom. The lowest BCUT2D eigenvalue weighted by molar-refractivity contribution is -0.453. The van der Waals surface area contributed by atoms with Gasteiger partial charge in [-0.1, -0.05) is 44.2 Å². The summed E-state index contributed by atoms with van der Waals surface area (Å²) >= 11 is 0. The van der Waals surface area contributed by atoms with Crippen molar-refractivity contribution in [1.82, 2.24) is 14.0 Å². The van der Waals surface area contributed by atoms with E-state index in [0.717, 1.165) is 0 Å². The third kappa shape index (κ3) is 3.46. The van der Waals surface area contributed by atoms with Gasteiger partial charge in [0.2, 0.25) is 0 Å². The van der Waals surface area contributed by atoms with E-state index in [0.29, 0.717) is 12.0 Å². The van der Waals surface area contributed by atoms with E-state index in [-0.39, 0.29) is 0 Å². The molecule has 126 valence electrons. The van der Waals surface area contributed by atoms with Crippen molar-refractivity contribution >= 4 is 7.51 Å². The first kappa shape index (κ1) is 19.4. The molecular weight excluding hydrogens is 291 g/mol. The zero-order valence-electron chi connectivity index (χ0n) is 15.8. The van der Waals surface area contributed by atoms with Gasteiger partial charge < -0.3 is 0 Å². The number of hydrogen-bond acceptors (Lipinski definition) is 0. The number of rotatable bonds is 6. The van der Waals surface area contributed by atoms with Crippen molar-refractivity contribution in [2.45, 2.75) is 19.9 Å². The molecule has 0 radical (unpaired) electrons. The van der Waals surface area contributed by atoms with Crippen molar-refractivity contribution < 1.29 is 4.33 Å². The molecule has 1 rings (SSSR count). The summed E-state index contributed by atoms with van der Waals surface area (Å²) in [5.41, 5.74) is 1.38. The van der Waals surface area contributed by atoms with Gasteiger partial charge in [-0.2, -0.15) is 0 Å². The van der Waals surface area contributed by atoms with Gasteiger partial charge in [-0.3, -0.25) is 0 Å². The minimum absolute atomic E-state index is 0.377. The summed E-state index contributed by atoms with van der Waals surface area (Å²) in [7, 11) is 13.6. The fraction of sp³-hybridized carbons (Fsp3) is 0.647. The van der Waals surface area contributed by atoms with Crippen molar-refractivity contribution in [2.24, 2.45) is 5.92 Å². The number of nitrogens with zero attached hydrogens (tertiary/aromatic N) is 4. The molecule has 0 amide bonds. The Morgan fingerprint density at radius 2 is 1.32 bits per heavy atom. The Morgan fingerprint density at radius 1 is 0.864 bits per heavy atom. The zero-order chi connectivity index (χ0) is 17.1. The van der Waals surface area contributed by atoms with E-state index in [1.165, 1.54) is 5.56 Å². The van der Waals surface area contributed by atoms with Gasteiger partial charge in [-0.15, -0.1) is 0 Å². The smallest absolute Gasteiger partial charge is 0.228 e. The molecule has 0 fully saturated rings. The summed E-state index contributed by atoms with van der Waals surface area (Å²) in [6.45, 7) is 4.62. The van der Waals surface area contributed by atoms with E-state index in [2.05, 4.69) is 112 Å². The second-order valence-electron chi connectivity index (χ2n) is 6.75. The Labute approximate surface area is 137 Å². The molecule has 1 unspecified atom stereocenters. The summed E-state index contributed by atoms with van der Waals surface area (Å²) in [6, 6.07) is 11.2. The predicted octanol–water partition coefficient (Wildman–Crippen LogP) is 3.66. The standard InChI is InChI=1S/C17H34N4P/c1-15(2)17(16-13-11-10-12-14-16)21(9)22(18(3)4,19(5)6)20(7)8/h10-15,17H,1-9H3/q+1. The minimum Gasteiger partial charge on any atom is -0.228 e. The van der Waals surface area contributed by atoms with Crippen LogP contribution in [0.2, 0.25) is 0 Å². The second kappa shape index (κ2) is 7.74. The maximum absolute atomic E-state index is 2.58. The lowest BCUT2D eigenvalue weighted by atomic mass is 9.96. The molecule has 0 saturated carbocycles. The molecule has 0 aromatic heterocycles. The lowest BCUT2D eigenvalue weighted by Crippen LogP contribution is -2.40. The third-order valence-electron chi connectivity index (χ3n) is 4.21. The molecule has 0 saturated heterocycles. The SMILES string of the molecule is CC(C)C(c1ccccc1)N(C)P(N(C)C)(N(C)C)=[N+](C)C. The van der Waals surface area contributed by atoms with Crippen LogP contribution >= 0.6 is 7.51 Å². The molecule has 5 heteroatoms. The highest BCUT2D eigenvalue weighted by atomic mass is 31.2. The molecule has 0 bridgehead atoms. The van der Waals surface area contributed by atoms with E-state index in [1.807, 2.05) is 0 Å². The molecule has 0 spiro atoms. The quantitative estimate of drug-likeness (QED) is 0.741. The summed E-state index contributed by atoms with van der Waals surface area (Å²) in [6.07, 6.45) is 0. The highest BCUT2D eigenvalue weighted by Crippen LogP contribution is 2.58. The van der Waals surface area contributed by atoms with Crippen LogP contribution < -0.4 is 0 Å². The fourth-order valence-corrected chi connectivity index (χ4v) is 8.34. The Hall–Kier alpha value is -0.670. The summed E-state index contributed by atoms with van der Waals surface area (Å²) < 4.78 is 9.72. The van der Waals surface area contributed by atoms with Crippen LogP contribution in [0.15, 0.2) is 30.3 Å². The summed E-state index contributed by atoms with van der Waals surface area (Å²) in [5.74, 6) is 0.534. The molecule has 1 aromatic rings. The highest BCUT2D eigenvalue weighted by molar-refractivity contribution is 7.56. The maximum Gasteiger partial charge on any atom is 0.311 e. The van der Waals surface area contributed by atoms with E-state index in [1.54, 1.807) is 0 Å². The molecule has 0 N–H and O–H groups in total. The van der Waals surface area contributed by atoms with Crippen LogP contribution in [-0.2, 0) is 0 Å². The average Bonchev–Trinajstić information content (AvgIpc) is 2.38. The Balaban J connectivity index is 3.51. The second-order valence-corrected chi connectivity index (χ2v) is 10.9. The van der Waals surface area contributed by atoms with Crippen molar-refractivity contribution in [2.75, 3.05) is 49.3 Å². The van der Waals surface area contributed by atoms with Crippen molar-refractivity contribution in [3.05, 3.63) is 35.9 Å². The third-order valence-corrected chi connectivity index (χ3v) is 8.52. The topological polar surface area (TPSA) is 12.7 Å². The Bertz CT molecular complexity index is 507.